The first kappa shape index (κ1) is 15.5. The van der Waals surface area contributed by atoms with E-state index in [9.17, 15) is 9.59 Å². The Morgan fingerprint density at radius 1 is 1.24 bits per heavy atom. The summed E-state index contributed by atoms with van der Waals surface area (Å²) in [6.45, 7) is 1.98. The zero-order chi connectivity index (χ0) is 15.2. The summed E-state index contributed by atoms with van der Waals surface area (Å²) in [4.78, 5) is 23.3. The fraction of sp³-hybridized carbons (Fsp3) is 0.529. The van der Waals surface area contributed by atoms with Crippen molar-refractivity contribution in [3.63, 3.8) is 0 Å². The van der Waals surface area contributed by atoms with Crippen molar-refractivity contribution in [2.45, 2.75) is 45.1 Å². The van der Waals surface area contributed by atoms with Crippen molar-refractivity contribution in [2.24, 2.45) is 11.8 Å². The van der Waals surface area contributed by atoms with Crippen LogP contribution in [0.25, 0.3) is 0 Å². The van der Waals surface area contributed by atoms with Crippen LogP contribution in [0.4, 0.5) is 0 Å². The van der Waals surface area contributed by atoms with E-state index in [2.05, 4.69) is 17.4 Å². The molecule has 0 radical (unpaired) electrons. The van der Waals surface area contributed by atoms with Gasteiger partial charge in [-0.15, -0.1) is 0 Å². The minimum Gasteiger partial charge on any atom is -0.481 e. The zero-order valence-electron chi connectivity index (χ0n) is 12.4. The zero-order valence-corrected chi connectivity index (χ0v) is 12.4. The molecule has 3 unspecified atom stereocenters. The van der Waals surface area contributed by atoms with Gasteiger partial charge in [-0.3, -0.25) is 9.59 Å². The number of hydrogen-bond acceptors (Lipinski definition) is 2. The summed E-state index contributed by atoms with van der Waals surface area (Å²) in [5.41, 5.74) is 1.25. The number of carboxylic acid groups (broad SMARTS) is 1. The van der Waals surface area contributed by atoms with Gasteiger partial charge < -0.3 is 10.4 Å². The third-order valence-corrected chi connectivity index (χ3v) is 4.27. The lowest BCUT2D eigenvalue weighted by Gasteiger charge is -2.19. The minimum atomic E-state index is -0.843. The number of carboxylic acids is 1. The third-order valence-electron chi connectivity index (χ3n) is 4.27. The molecule has 2 rings (SSSR count). The van der Waals surface area contributed by atoms with E-state index < -0.39 is 11.9 Å². The lowest BCUT2D eigenvalue weighted by molar-refractivity contribution is -0.146. The van der Waals surface area contributed by atoms with Gasteiger partial charge in [0.05, 0.1) is 11.8 Å². The first-order valence-corrected chi connectivity index (χ1v) is 7.65. The monoisotopic (exact) mass is 289 g/mol. The highest BCUT2D eigenvalue weighted by atomic mass is 16.4. The summed E-state index contributed by atoms with van der Waals surface area (Å²) in [7, 11) is 0. The summed E-state index contributed by atoms with van der Waals surface area (Å²) in [6, 6.07) is 10.2. The van der Waals surface area contributed by atoms with Crippen LogP contribution in [0.2, 0.25) is 0 Å². The first-order valence-electron chi connectivity index (χ1n) is 7.65. The Bertz CT molecular complexity index is 486. The van der Waals surface area contributed by atoms with Crippen molar-refractivity contribution >= 4 is 11.9 Å². The van der Waals surface area contributed by atoms with Crippen molar-refractivity contribution in [2.75, 3.05) is 0 Å². The average Bonchev–Trinajstić information content (AvgIpc) is 2.96. The van der Waals surface area contributed by atoms with E-state index >= 15 is 0 Å². The van der Waals surface area contributed by atoms with Crippen LogP contribution in [0.5, 0.6) is 0 Å². The fourth-order valence-corrected chi connectivity index (χ4v) is 3.02. The van der Waals surface area contributed by atoms with Crippen LogP contribution in [-0.2, 0) is 16.0 Å². The number of carbonyl (C=O) groups is 2. The number of rotatable bonds is 6. The van der Waals surface area contributed by atoms with E-state index in [-0.39, 0.29) is 17.9 Å². The van der Waals surface area contributed by atoms with Gasteiger partial charge in [0.2, 0.25) is 5.91 Å². The lowest BCUT2D eigenvalue weighted by atomic mass is 9.95. The van der Waals surface area contributed by atoms with Crippen molar-refractivity contribution in [1.29, 1.82) is 0 Å². The highest BCUT2D eigenvalue weighted by molar-refractivity contribution is 5.85. The highest BCUT2D eigenvalue weighted by Crippen LogP contribution is 2.32. The van der Waals surface area contributed by atoms with E-state index in [1.807, 2.05) is 25.1 Å². The normalized spacial score (nSPS) is 22.7. The van der Waals surface area contributed by atoms with Gasteiger partial charge >= 0.3 is 5.97 Å². The molecule has 0 heterocycles. The molecule has 1 aliphatic rings. The number of carbonyl (C=O) groups excluding carboxylic acids is 1. The van der Waals surface area contributed by atoms with E-state index in [0.717, 1.165) is 19.3 Å². The van der Waals surface area contributed by atoms with Crippen LogP contribution in [0, 0.1) is 11.8 Å². The van der Waals surface area contributed by atoms with Crippen LogP contribution in [0.15, 0.2) is 30.3 Å². The molecule has 0 saturated heterocycles. The van der Waals surface area contributed by atoms with Crippen LogP contribution < -0.4 is 5.32 Å². The molecule has 1 aromatic carbocycles. The Hall–Kier alpha value is -1.84. The minimum absolute atomic E-state index is 0.0627. The Labute approximate surface area is 125 Å². The van der Waals surface area contributed by atoms with Crippen LogP contribution in [0.1, 0.15) is 38.2 Å². The van der Waals surface area contributed by atoms with E-state index in [1.54, 1.807) is 0 Å². The van der Waals surface area contributed by atoms with Gasteiger partial charge in [-0.1, -0.05) is 36.8 Å². The smallest absolute Gasteiger partial charge is 0.307 e. The number of hydrogen-bond donors (Lipinski definition) is 2. The molecule has 21 heavy (non-hydrogen) atoms. The van der Waals surface area contributed by atoms with Crippen LogP contribution in [0.3, 0.4) is 0 Å². The largest absolute Gasteiger partial charge is 0.481 e. The van der Waals surface area contributed by atoms with Crippen molar-refractivity contribution in [3.05, 3.63) is 35.9 Å². The summed E-state index contributed by atoms with van der Waals surface area (Å²) >= 11 is 0. The molecule has 1 aliphatic carbocycles. The molecule has 1 amide bonds. The second-order valence-electron chi connectivity index (χ2n) is 5.92. The standard InChI is InChI=1S/C17H23NO3/c1-12(10-11-13-6-3-2-4-7-13)18-16(19)14-8-5-9-15(14)17(20)21/h2-4,6-7,12,14-15H,5,8-11H2,1H3,(H,18,19)(H,20,21). The summed E-state index contributed by atoms with van der Waals surface area (Å²) in [5.74, 6) is -1.81. The van der Waals surface area contributed by atoms with Gasteiger partial charge in [0.25, 0.3) is 0 Å². The van der Waals surface area contributed by atoms with Crippen molar-refractivity contribution in [1.82, 2.24) is 5.32 Å². The molecule has 1 aromatic rings. The van der Waals surface area contributed by atoms with Crippen molar-refractivity contribution < 1.29 is 14.7 Å². The number of aryl methyl sites for hydroxylation is 1. The fourth-order valence-electron chi connectivity index (χ4n) is 3.02. The Balaban J connectivity index is 1.80. The van der Waals surface area contributed by atoms with E-state index in [4.69, 9.17) is 5.11 Å². The molecule has 4 heteroatoms. The van der Waals surface area contributed by atoms with Gasteiger partial charge in [0.1, 0.15) is 0 Å². The molecular weight excluding hydrogens is 266 g/mol. The quantitative estimate of drug-likeness (QED) is 0.846. The molecule has 0 aromatic heterocycles. The molecule has 1 saturated carbocycles. The first-order chi connectivity index (χ1) is 10.1. The number of nitrogens with one attached hydrogen (secondary N) is 1. The number of aliphatic carboxylic acids is 1. The molecule has 0 spiro atoms. The predicted molar refractivity (Wildman–Crippen MR) is 80.8 cm³/mol. The second-order valence-corrected chi connectivity index (χ2v) is 5.92. The molecule has 0 bridgehead atoms. The Morgan fingerprint density at radius 2 is 1.90 bits per heavy atom. The van der Waals surface area contributed by atoms with Crippen molar-refractivity contribution in [3.8, 4) is 0 Å². The highest BCUT2D eigenvalue weighted by Gasteiger charge is 2.37. The number of amides is 1. The molecule has 114 valence electrons. The molecule has 2 N–H and O–H groups in total. The maximum atomic E-state index is 12.2. The van der Waals surface area contributed by atoms with Crippen LogP contribution >= 0.6 is 0 Å². The van der Waals surface area contributed by atoms with Gasteiger partial charge in [-0.25, -0.2) is 0 Å². The SMILES string of the molecule is CC(CCc1ccccc1)NC(=O)C1CCCC1C(=O)O. The Kier molecular flexibility index (Phi) is 5.37. The van der Waals surface area contributed by atoms with Gasteiger partial charge in [-0.2, -0.15) is 0 Å². The maximum absolute atomic E-state index is 12.2. The lowest BCUT2D eigenvalue weighted by Crippen LogP contribution is -2.40. The predicted octanol–water partition coefficient (Wildman–Crippen LogP) is 2.62. The summed E-state index contributed by atoms with van der Waals surface area (Å²) < 4.78 is 0. The van der Waals surface area contributed by atoms with Gasteiger partial charge in [0, 0.05) is 6.04 Å². The topological polar surface area (TPSA) is 66.4 Å². The van der Waals surface area contributed by atoms with E-state index in [0.29, 0.717) is 12.8 Å². The summed E-state index contributed by atoms with van der Waals surface area (Å²) in [5, 5.41) is 12.1. The maximum Gasteiger partial charge on any atom is 0.307 e. The third kappa shape index (κ3) is 4.31. The Morgan fingerprint density at radius 3 is 2.57 bits per heavy atom. The van der Waals surface area contributed by atoms with Gasteiger partial charge in [0.15, 0.2) is 0 Å². The molecule has 3 atom stereocenters. The molecular formula is C17H23NO3. The molecule has 1 fully saturated rings. The second kappa shape index (κ2) is 7.25. The number of benzene rings is 1. The van der Waals surface area contributed by atoms with E-state index in [1.165, 1.54) is 5.56 Å². The van der Waals surface area contributed by atoms with Gasteiger partial charge in [-0.05, 0) is 38.2 Å². The van der Waals surface area contributed by atoms with Crippen LogP contribution in [-0.4, -0.2) is 23.0 Å². The molecule has 0 aliphatic heterocycles. The average molecular weight is 289 g/mol. The summed E-state index contributed by atoms with van der Waals surface area (Å²) in [6.07, 6.45) is 3.91. The molecule has 4 nitrogen and oxygen atoms in total.